The van der Waals surface area contributed by atoms with Crippen LogP contribution in [0.1, 0.15) is 36.3 Å². The van der Waals surface area contributed by atoms with Crippen molar-refractivity contribution in [3.63, 3.8) is 0 Å². The Balaban J connectivity index is 0.949. The molecule has 13 rings (SSSR count). The summed E-state index contributed by atoms with van der Waals surface area (Å²) in [6.07, 6.45) is 22.2. The van der Waals surface area contributed by atoms with Crippen LogP contribution in [0.5, 0.6) is 0 Å². The Kier molecular flexibility index (Phi) is 8.69. The first-order valence-corrected chi connectivity index (χ1v) is 22.9. The molecule has 64 heavy (non-hydrogen) atoms. The minimum atomic E-state index is 0.202. The number of benzene rings is 8. The van der Waals surface area contributed by atoms with Gasteiger partial charge >= 0.3 is 0 Å². The topological polar surface area (TPSA) is 12.9 Å². The first kappa shape index (κ1) is 37.0. The molecule has 8 aromatic carbocycles. The smallest absolute Gasteiger partial charge is 0.0714 e. The number of allylic oxidation sites excluding steroid dienone is 10. The lowest BCUT2D eigenvalue weighted by Gasteiger charge is -2.40. The molecule has 4 aliphatic carbocycles. The van der Waals surface area contributed by atoms with Crippen molar-refractivity contribution in [2.24, 2.45) is 11.8 Å². The van der Waals surface area contributed by atoms with Gasteiger partial charge in [0.05, 0.1) is 5.69 Å². The average molecular weight is 816 g/mol. The Bertz CT molecular complexity index is 3650. The molecule has 0 radical (unpaired) electrons. The van der Waals surface area contributed by atoms with E-state index in [1.54, 1.807) is 0 Å². The molecule has 302 valence electrons. The minimum absolute atomic E-state index is 0.202. The number of nitrogens with zero attached hydrogens (tertiary/aromatic N) is 1. The van der Waals surface area contributed by atoms with Crippen LogP contribution in [0.25, 0.3) is 83.2 Å². The van der Waals surface area contributed by atoms with Gasteiger partial charge in [0.25, 0.3) is 0 Å². The highest BCUT2D eigenvalue weighted by Crippen LogP contribution is 2.54. The molecule has 0 amide bonds. The van der Waals surface area contributed by atoms with E-state index in [1.165, 1.54) is 109 Å². The van der Waals surface area contributed by atoms with Crippen molar-refractivity contribution < 1.29 is 0 Å². The Morgan fingerprint density at radius 3 is 1.83 bits per heavy atom. The van der Waals surface area contributed by atoms with E-state index in [0.717, 1.165) is 25.0 Å². The predicted octanol–water partition coefficient (Wildman–Crippen LogP) is 14.6. The summed E-state index contributed by atoms with van der Waals surface area (Å²) in [7, 11) is 0. The molecule has 1 nitrogen and oxygen atoms in total. The molecule has 9 aromatic rings. The first-order chi connectivity index (χ1) is 31.7. The fourth-order valence-corrected chi connectivity index (χ4v) is 11.6. The third-order valence-electron chi connectivity index (χ3n) is 14.5. The standard InChI is InChI=1S/C63H45N/c1-4-16-43-35-47(28-25-40(43)13-1)60-53-21-9-11-23-55(53)63(56-24-12-10-22-54(56)60)59-34-32-50(39-64-59)46-31-33-57-58(38-46)62(49-30-27-42-15-3-6-18-45(42)37-49)52-20-8-7-19-51(52)61(57)48-29-26-41-14-2-5-17-44(41)36-48/h1-19,21-28,30-37,39,46,48,52H,20,29,38H2. The van der Waals surface area contributed by atoms with Gasteiger partial charge in [0, 0.05) is 29.5 Å². The molecule has 3 atom stereocenters. The first-order valence-electron chi connectivity index (χ1n) is 22.9. The maximum Gasteiger partial charge on any atom is 0.0714 e. The molecule has 1 heteroatoms. The van der Waals surface area contributed by atoms with E-state index < -0.39 is 0 Å². The van der Waals surface area contributed by atoms with E-state index in [9.17, 15) is 0 Å². The number of aromatic nitrogens is 1. The SMILES string of the molecule is C1=CCC2C(=C1)C(C1C=c3ccccc3=CC1)=C1C=CC(c3ccc(-c4c5ccccc5c(-c5ccc6ccccc6c5)c5ccccc45)nc3)CC1=C2c1ccc2ccccc2c1. The molecule has 0 saturated heterocycles. The highest BCUT2D eigenvalue weighted by molar-refractivity contribution is 6.21. The molecule has 0 bridgehead atoms. The Labute approximate surface area is 373 Å². The van der Waals surface area contributed by atoms with Gasteiger partial charge in [-0.2, -0.15) is 0 Å². The van der Waals surface area contributed by atoms with Crippen molar-refractivity contribution in [2.75, 3.05) is 0 Å². The van der Waals surface area contributed by atoms with E-state index in [1.807, 2.05) is 0 Å². The van der Waals surface area contributed by atoms with Gasteiger partial charge in [-0.1, -0.05) is 194 Å². The quantitative estimate of drug-likeness (QED) is 0.158. The lowest BCUT2D eigenvalue weighted by Crippen LogP contribution is -2.31. The molecule has 0 spiro atoms. The summed E-state index contributed by atoms with van der Waals surface area (Å²) in [5, 5.41) is 12.7. The number of hydrogen-bond donors (Lipinski definition) is 0. The van der Waals surface area contributed by atoms with Crippen LogP contribution in [0.4, 0.5) is 0 Å². The van der Waals surface area contributed by atoms with Crippen LogP contribution in [0.3, 0.4) is 0 Å². The third kappa shape index (κ3) is 6.03. The maximum atomic E-state index is 5.37. The zero-order valence-electron chi connectivity index (χ0n) is 35.6. The summed E-state index contributed by atoms with van der Waals surface area (Å²) < 4.78 is 0. The maximum absolute atomic E-state index is 5.37. The summed E-state index contributed by atoms with van der Waals surface area (Å²) in [6.45, 7) is 0. The van der Waals surface area contributed by atoms with Gasteiger partial charge in [-0.25, -0.2) is 0 Å². The van der Waals surface area contributed by atoms with Crippen LogP contribution in [0.15, 0.2) is 229 Å². The molecule has 0 fully saturated rings. The van der Waals surface area contributed by atoms with Gasteiger partial charge in [-0.15, -0.1) is 0 Å². The molecule has 1 heterocycles. The molecule has 4 aliphatic rings. The van der Waals surface area contributed by atoms with E-state index in [2.05, 4.69) is 219 Å². The normalized spacial score (nSPS) is 19.0. The van der Waals surface area contributed by atoms with Gasteiger partial charge in [-0.3, -0.25) is 4.98 Å². The number of rotatable bonds is 5. The van der Waals surface area contributed by atoms with Crippen LogP contribution in [0.2, 0.25) is 0 Å². The Morgan fingerprint density at radius 1 is 0.500 bits per heavy atom. The van der Waals surface area contributed by atoms with Crippen LogP contribution in [0, 0.1) is 11.8 Å². The summed E-state index contributed by atoms with van der Waals surface area (Å²) in [5.74, 6) is 0.822. The molecule has 0 saturated carbocycles. The van der Waals surface area contributed by atoms with Crippen molar-refractivity contribution in [2.45, 2.75) is 25.2 Å². The second kappa shape index (κ2) is 15.0. The average Bonchev–Trinajstić information content (AvgIpc) is 3.36. The lowest BCUT2D eigenvalue weighted by atomic mass is 9.64. The van der Waals surface area contributed by atoms with Crippen LogP contribution in [-0.2, 0) is 0 Å². The Hall–Kier alpha value is -7.61. The third-order valence-corrected chi connectivity index (χ3v) is 14.5. The molecular weight excluding hydrogens is 771 g/mol. The molecule has 3 unspecified atom stereocenters. The largest absolute Gasteiger partial charge is 0.256 e. The minimum Gasteiger partial charge on any atom is -0.256 e. The van der Waals surface area contributed by atoms with Crippen LogP contribution >= 0.6 is 0 Å². The van der Waals surface area contributed by atoms with Crippen LogP contribution < -0.4 is 10.4 Å². The van der Waals surface area contributed by atoms with E-state index in [4.69, 9.17) is 4.98 Å². The van der Waals surface area contributed by atoms with Gasteiger partial charge in [0.1, 0.15) is 0 Å². The monoisotopic (exact) mass is 815 g/mol. The van der Waals surface area contributed by atoms with Crippen molar-refractivity contribution >= 4 is 60.8 Å². The molecular formula is C63H45N. The molecule has 1 aromatic heterocycles. The highest BCUT2D eigenvalue weighted by Gasteiger charge is 2.38. The van der Waals surface area contributed by atoms with Crippen molar-refractivity contribution in [3.8, 4) is 22.4 Å². The lowest BCUT2D eigenvalue weighted by molar-refractivity contribution is 0.698. The van der Waals surface area contributed by atoms with E-state index >= 15 is 0 Å². The molecule has 0 N–H and O–H groups in total. The zero-order valence-corrected chi connectivity index (χ0v) is 35.6. The van der Waals surface area contributed by atoms with Gasteiger partial charge < -0.3 is 0 Å². The number of fused-ring (bicyclic) bond motifs is 7. The van der Waals surface area contributed by atoms with Gasteiger partial charge in [-0.05, 0) is 141 Å². The van der Waals surface area contributed by atoms with Gasteiger partial charge in [0.15, 0.2) is 0 Å². The number of pyridine rings is 1. The second-order valence-electron chi connectivity index (χ2n) is 18.0. The fraction of sp³-hybridized carbons (Fsp3) is 0.0952. The molecule has 0 aliphatic heterocycles. The van der Waals surface area contributed by atoms with Crippen molar-refractivity contribution in [1.29, 1.82) is 0 Å². The van der Waals surface area contributed by atoms with E-state index in [-0.39, 0.29) is 5.92 Å². The van der Waals surface area contributed by atoms with Gasteiger partial charge in [0.2, 0.25) is 0 Å². The summed E-state index contributed by atoms with van der Waals surface area (Å²) in [4.78, 5) is 5.37. The van der Waals surface area contributed by atoms with Crippen LogP contribution in [-0.4, -0.2) is 4.98 Å². The second-order valence-corrected chi connectivity index (χ2v) is 18.0. The summed E-state index contributed by atoms with van der Waals surface area (Å²) >= 11 is 0. The Morgan fingerprint density at radius 2 is 1.12 bits per heavy atom. The number of hydrogen-bond acceptors (Lipinski definition) is 1. The fourth-order valence-electron chi connectivity index (χ4n) is 11.6. The highest BCUT2D eigenvalue weighted by atomic mass is 14.7. The summed E-state index contributed by atoms with van der Waals surface area (Å²) in [6, 6.07) is 62.8. The summed E-state index contributed by atoms with van der Waals surface area (Å²) in [5.41, 5.74) is 14.7. The van der Waals surface area contributed by atoms with Crippen molar-refractivity contribution in [1.82, 2.24) is 4.98 Å². The predicted molar refractivity (Wildman–Crippen MR) is 270 cm³/mol. The zero-order chi connectivity index (χ0) is 42.1. The van der Waals surface area contributed by atoms with E-state index in [0.29, 0.717) is 11.8 Å². The van der Waals surface area contributed by atoms with Crippen molar-refractivity contribution in [3.05, 3.63) is 250 Å².